The Hall–Kier alpha value is -2.30. The Morgan fingerprint density at radius 3 is 2.67 bits per heavy atom. The van der Waals surface area contributed by atoms with Crippen LogP contribution in [-0.2, 0) is 9.59 Å². The van der Waals surface area contributed by atoms with E-state index < -0.39 is 11.9 Å². The number of hydrogen-bond acceptors (Lipinski definition) is 4. The van der Waals surface area contributed by atoms with E-state index in [0.717, 1.165) is 5.39 Å². The number of aliphatic carboxylic acids is 1. The summed E-state index contributed by atoms with van der Waals surface area (Å²) in [5, 5.41) is 9.04. The van der Waals surface area contributed by atoms with Crippen LogP contribution >= 0.6 is 0 Å². The molecule has 76 valence electrons. The van der Waals surface area contributed by atoms with Crippen molar-refractivity contribution >= 4 is 22.9 Å². The van der Waals surface area contributed by atoms with Crippen molar-refractivity contribution in [1.29, 1.82) is 0 Å². The highest BCUT2D eigenvalue weighted by molar-refractivity contribution is 6.29. The molecule has 0 spiro atoms. The normalized spacial score (nSPS) is 10.1. The van der Waals surface area contributed by atoms with Crippen molar-refractivity contribution in [1.82, 2.24) is 0 Å². The number of rotatable bonds is 1. The van der Waals surface area contributed by atoms with Crippen molar-refractivity contribution in [3.63, 3.8) is 0 Å². The van der Waals surface area contributed by atoms with E-state index >= 15 is 0 Å². The lowest BCUT2D eigenvalue weighted by Crippen LogP contribution is -2.18. The largest absolute Gasteiger partial charge is 0.473 e. The number of hydrogen-bond donors (Lipinski definition) is 1. The fraction of sp³-hybridized carbons (Fsp3) is 0. The molecule has 15 heavy (non-hydrogen) atoms. The molecule has 0 bridgehead atoms. The molecule has 0 saturated carbocycles. The van der Waals surface area contributed by atoms with Crippen molar-refractivity contribution in [2.45, 2.75) is 0 Å². The monoisotopic (exact) mass is 206 g/mol. The van der Waals surface area contributed by atoms with Crippen molar-refractivity contribution in [3.8, 4) is 5.95 Å². The van der Waals surface area contributed by atoms with Crippen LogP contribution in [-0.4, -0.2) is 17.0 Å². The number of ether oxygens (including phenoxy) is 1. The van der Waals surface area contributed by atoms with Gasteiger partial charge in [-0.25, -0.2) is 9.59 Å². The second kappa shape index (κ2) is 3.45. The Morgan fingerprint density at radius 1 is 1.27 bits per heavy atom. The van der Waals surface area contributed by atoms with E-state index in [4.69, 9.17) is 9.52 Å². The molecule has 5 heteroatoms. The molecular formula is C10H6O5. The molecule has 2 rings (SSSR count). The predicted octanol–water partition coefficient (Wildman–Crippen LogP) is 1.42. The number of furan rings is 1. The van der Waals surface area contributed by atoms with E-state index in [2.05, 4.69) is 4.74 Å². The average molecular weight is 206 g/mol. The third-order valence-electron chi connectivity index (χ3n) is 1.77. The zero-order valence-electron chi connectivity index (χ0n) is 7.47. The molecule has 1 aromatic carbocycles. The van der Waals surface area contributed by atoms with Gasteiger partial charge in [0.2, 0.25) is 0 Å². The van der Waals surface area contributed by atoms with Crippen LogP contribution < -0.4 is 4.74 Å². The minimum absolute atomic E-state index is 0.122. The summed E-state index contributed by atoms with van der Waals surface area (Å²) in [6.07, 6.45) is 0. The molecule has 0 aliphatic rings. The molecular weight excluding hydrogens is 200 g/mol. The molecule has 2 aromatic rings. The Morgan fingerprint density at radius 2 is 2.00 bits per heavy atom. The zero-order valence-corrected chi connectivity index (χ0v) is 7.47. The zero-order chi connectivity index (χ0) is 10.8. The molecule has 0 unspecified atom stereocenters. The number of carboxylic acid groups (broad SMARTS) is 1. The van der Waals surface area contributed by atoms with Crippen LogP contribution in [0.15, 0.2) is 34.7 Å². The topological polar surface area (TPSA) is 76.7 Å². The van der Waals surface area contributed by atoms with Crippen molar-refractivity contribution in [3.05, 3.63) is 30.3 Å². The van der Waals surface area contributed by atoms with E-state index in [1.54, 1.807) is 24.3 Å². The van der Waals surface area contributed by atoms with Crippen LogP contribution in [0.2, 0.25) is 0 Å². The highest BCUT2D eigenvalue weighted by Crippen LogP contribution is 2.24. The lowest BCUT2D eigenvalue weighted by atomic mass is 10.3. The number of fused-ring (bicyclic) bond motifs is 1. The Labute approximate surface area is 83.9 Å². The molecule has 0 atom stereocenters. The van der Waals surface area contributed by atoms with Gasteiger partial charge in [-0.3, -0.25) is 0 Å². The highest BCUT2D eigenvalue weighted by Gasteiger charge is 2.16. The fourth-order valence-corrected chi connectivity index (χ4v) is 1.14. The maximum atomic E-state index is 10.7. The summed E-state index contributed by atoms with van der Waals surface area (Å²) in [6.45, 7) is 0. The summed E-state index contributed by atoms with van der Waals surface area (Å²) >= 11 is 0. The van der Waals surface area contributed by atoms with E-state index in [1.807, 2.05) is 0 Å². The smallest absolute Gasteiger partial charge is 0.425 e. The Balaban J connectivity index is 2.30. The van der Waals surface area contributed by atoms with E-state index in [1.165, 1.54) is 6.07 Å². The lowest BCUT2D eigenvalue weighted by Gasteiger charge is -1.93. The Bertz CT molecular complexity index is 492. The van der Waals surface area contributed by atoms with Crippen LogP contribution in [0.3, 0.4) is 0 Å². The lowest BCUT2D eigenvalue weighted by molar-refractivity contribution is -0.158. The van der Waals surface area contributed by atoms with Crippen molar-refractivity contribution in [2.75, 3.05) is 0 Å². The van der Waals surface area contributed by atoms with Crippen LogP contribution in [0.1, 0.15) is 0 Å². The second-order valence-electron chi connectivity index (χ2n) is 2.80. The summed E-state index contributed by atoms with van der Waals surface area (Å²) in [5.41, 5.74) is 0.533. The maximum Gasteiger partial charge on any atom is 0.425 e. The summed E-state index contributed by atoms with van der Waals surface area (Å²) in [5.74, 6) is -3.15. The molecule has 0 aliphatic carbocycles. The van der Waals surface area contributed by atoms with E-state index in [0.29, 0.717) is 5.58 Å². The van der Waals surface area contributed by atoms with Gasteiger partial charge in [-0.15, -0.1) is 0 Å². The van der Waals surface area contributed by atoms with Gasteiger partial charge in [-0.2, -0.15) is 0 Å². The summed E-state index contributed by atoms with van der Waals surface area (Å²) in [4.78, 5) is 20.9. The van der Waals surface area contributed by atoms with Crippen molar-refractivity contribution < 1.29 is 23.8 Å². The van der Waals surface area contributed by atoms with Crippen LogP contribution in [0.4, 0.5) is 0 Å². The standard InChI is InChI=1S/C10H6O5/c11-9(12)10(13)15-8-5-6-3-1-2-4-7(6)14-8/h1-5H,(H,11,12). The number of benzene rings is 1. The number of carboxylic acids is 1. The molecule has 0 saturated heterocycles. The van der Waals surface area contributed by atoms with Crippen LogP contribution in [0.5, 0.6) is 5.95 Å². The van der Waals surface area contributed by atoms with E-state index in [9.17, 15) is 9.59 Å². The van der Waals surface area contributed by atoms with Gasteiger partial charge in [0.05, 0.1) is 0 Å². The number of esters is 1. The first-order chi connectivity index (χ1) is 7.16. The highest BCUT2D eigenvalue weighted by atomic mass is 16.6. The first kappa shape index (κ1) is 9.26. The van der Waals surface area contributed by atoms with Gasteiger partial charge in [-0.05, 0) is 6.07 Å². The summed E-state index contributed by atoms with van der Waals surface area (Å²) in [7, 11) is 0. The first-order valence-electron chi connectivity index (χ1n) is 4.10. The average Bonchev–Trinajstić information content (AvgIpc) is 2.59. The van der Waals surface area contributed by atoms with Crippen LogP contribution in [0.25, 0.3) is 11.0 Å². The van der Waals surface area contributed by atoms with Gasteiger partial charge < -0.3 is 14.3 Å². The molecule has 0 radical (unpaired) electrons. The quantitative estimate of drug-likeness (QED) is 0.564. The summed E-state index contributed by atoms with van der Waals surface area (Å²) in [6, 6.07) is 8.45. The maximum absolute atomic E-state index is 10.7. The third kappa shape index (κ3) is 1.80. The van der Waals surface area contributed by atoms with Gasteiger partial charge in [0, 0.05) is 11.5 Å². The molecule has 1 N–H and O–H groups in total. The predicted molar refractivity (Wildman–Crippen MR) is 49.5 cm³/mol. The molecule has 0 fully saturated rings. The van der Waals surface area contributed by atoms with Gasteiger partial charge in [0.25, 0.3) is 5.95 Å². The second-order valence-corrected chi connectivity index (χ2v) is 2.80. The van der Waals surface area contributed by atoms with Gasteiger partial charge >= 0.3 is 11.9 Å². The van der Waals surface area contributed by atoms with Crippen LogP contribution in [0, 0.1) is 0 Å². The molecule has 0 amide bonds. The van der Waals surface area contributed by atoms with Gasteiger partial charge in [0.1, 0.15) is 5.58 Å². The molecule has 1 aromatic heterocycles. The Kier molecular flexibility index (Phi) is 2.13. The summed E-state index contributed by atoms with van der Waals surface area (Å²) < 4.78 is 9.54. The number of carbonyl (C=O) groups excluding carboxylic acids is 1. The molecule has 1 heterocycles. The van der Waals surface area contributed by atoms with Crippen molar-refractivity contribution in [2.24, 2.45) is 0 Å². The third-order valence-corrected chi connectivity index (χ3v) is 1.77. The number of para-hydroxylation sites is 1. The van der Waals surface area contributed by atoms with Gasteiger partial charge in [-0.1, -0.05) is 18.2 Å². The van der Waals surface area contributed by atoms with Gasteiger partial charge in [0.15, 0.2) is 0 Å². The molecule has 0 aliphatic heterocycles. The first-order valence-corrected chi connectivity index (χ1v) is 4.10. The minimum atomic E-state index is -1.66. The minimum Gasteiger partial charge on any atom is -0.473 e. The van der Waals surface area contributed by atoms with E-state index in [-0.39, 0.29) is 5.95 Å². The number of carbonyl (C=O) groups is 2. The fourth-order valence-electron chi connectivity index (χ4n) is 1.14. The SMILES string of the molecule is O=C(O)C(=O)Oc1cc2ccccc2o1. The molecule has 5 nitrogen and oxygen atoms in total.